The lowest BCUT2D eigenvalue weighted by atomic mass is 10.1. The minimum absolute atomic E-state index is 0.0272. The van der Waals surface area contributed by atoms with Gasteiger partial charge in [0.2, 0.25) is 11.8 Å². The Balaban J connectivity index is 1.42. The van der Waals surface area contributed by atoms with E-state index in [4.69, 9.17) is 4.74 Å². The number of nitrogens with zero attached hydrogens (tertiary/aromatic N) is 1. The summed E-state index contributed by atoms with van der Waals surface area (Å²) in [7, 11) is 0. The van der Waals surface area contributed by atoms with Gasteiger partial charge in [-0.3, -0.25) is 9.59 Å². The number of likely N-dealkylation sites (tertiary alicyclic amines) is 1. The molecule has 2 N–H and O–H groups in total. The summed E-state index contributed by atoms with van der Waals surface area (Å²) in [4.78, 5) is 27.9. The molecule has 2 aliphatic rings. The molecule has 0 bridgehead atoms. The van der Waals surface area contributed by atoms with Crippen LogP contribution in [0, 0.1) is 0 Å². The van der Waals surface area contributed by atoms with Crippen LogP contribution in [0.4, 0.5) is 5.69 Å². The van der Waals surface area contributed by atoms with Crippen molar-refractivity contribution >= 4 is 29.7 Å². The van der Waals surface area contributed by atoms with Gasteiger partial charge in [-0.15, -0.1) is 0 Å². The Morgan fingerprint density at radius 3 is 2.66 bits per heavy atom. The smallest absolute Gasteiger partial charge is 0.224 e. The molecule has 0 atom stereocenters. The van der Waals surface area contributed by atoms with Crippen molar-refractivity contribution in [2.45, 2.75) is 44.9 Å². The average Bonchev–Trinajstić information content (AvgIpc) is 3.39. The van der Waals surface area contributed by atoms with Gasteiger partial charge in [-0.05, 0) is 73.7 Å². The summed E-state index contributed by atoms with van der Waals surface area (Å²) in [6.07, 6.45) is 21.0. The molecule has 2 amide bonds. The highest BCUT2D eigenvalue weighted by molar-refractivity contribution is 5.92. The Hall–Kier alpha value is -4.16. The fraction of sp³-hybridized carbons (Fsp3) is 0.314. The minimum Gasteiger partial charge on any atom is -0.459 e. The van der Waals surface area contributed by atoms with E-state index >= 15 is 0 Å². The van der Waals surface area contributed by atoms with Crippen LogP contribution < -0.4 is 15.4 Å². The summed E-state index contributed by atoms with van der Waals surface area (Å²) in [5, 5.41) is 6.08. The molecule has 6 nitrogen and oxygen atoms in total. The molecule has 2 aromatic carbocycles. The summed E-state index contributed by atoms with van der Waals surface area (Å²) in [6, 6.07) is 13.8. The van der Waals surface area contributed by atoms with Crippen LogP contribution in [-0.2, 0) is 16.0 Å². The predicted molar refractivity (Wildman–Crippen MR) is 168 cm³/mol. The Bertz CT molecular complexity index is 1320. The number of fused-ring (bicyclic) bond motifs is 1. The molecule has 1 aliphatic heterocycles. The minimum atomic E-state index is -0.0859. The lowest BCUT2D eigenvalue weighted by Crippen LogP contribution is -2.34. The van der Waals surface area contributed by atoms with Gasteiger partial charge in [0.15, 0.2) is 0 Å². The molecule has 1 aliphatic carbocycles. The van der Waals surface area contributed by atoms with E-state index in [0.29, 0.717) is 30.8 Å². The molecule has 0 spiro atoms. The maximum absolute atomic E-state index is 12.9. The van der Waals surface area contributed by atoms with Gasteiger partial charge in [0.1, 0.15) is 11.5 Å². The van der Waals surface area contributed by atoms with Crippen molar-refractivity contribution < 1.29 is 14.3 Å². The quantitative estimate of drug-likeness (QED) is 0.203. The number of amides is 2. The maximum atomic E-state index is 12.9. The zero-order chi connectivity index (χ0) is 28.7. The summed E-state index contributed by atoms with van der Waals surface area (Å²) in [6.45, 7) is 7.40. The second-order valence-corrected chi connectivity index (χ2v) is 10.3. The van der Waals surface area contributed by atoms with Crippen LogP contribution in [0.1, 0.15) is 55.2 Å². The highest BCUT2D eigenvalue weighted by Crippen LogP contribution is 2.31. The van der Waals surface area contributed by atoms with E-state index in [1.54, 1.807) is 6.08 Å². The SMILES string of the molecule is C=C/C=C\C=C/CCCC(=O)Nc1cc(CC(=O)NCCN2CCCC2)ccc1OC1=Cc2ccccc2C=CC1. The molecule has 0 unspecified atom stereocenters. The summed E-state index contributed by atoms with van der Waals surface area (Å²) in [5.41, 5.74) is 3.62. The molecule has 2 aromatic rings. The number of anilines is 1. The first-order valence-electron chi connectivity index (χ1n) is 14.6. The summed E-state index contributed by atoms with van der Waals surface area (Å²) < 4.78 is 6.35. The van der Waals surface area contributed by atoms with E-state index in [1.807, 2.05) is 60.7 Å². The van der Waals surface area contributed by atoms with Crippen molar-refractivity contribution in [3.63, 3.8) is 0 Å². The van der Waals surface area contributed by atoms with Crippen molar-refractivity contribution in [3.05, 3.63) is 108 Å². The third kappa shape index (κ3) is 10.1. The zero-order valence-electron chi connectivity index (χ0n) is 23.8. The lowest BCUT2D eigenvalue weighted by molar-refractivity contribution is -0.120. The number of ether oxygens (including phenoxy) is 1. The fourth-order valence-electron chi connectivity index (χ4n) is 4.93. The first-order chi connectivity index (χ1) is 20.1. The maximum Gasteiger partial charge on any atom is 0.224 e. The van der Waals surface area contributed by atoms with Crippen LogP contribution in [0.5, 0.6) is 5.75 Å². The summed E-state index contributed by atoms with van der Waals surface area (Å²) in [5.74, 6) is 1.23. The number of carbonyl (C=O) groups is 2. The molecular weight excluding hydrogens is 510 g/mol. The van der Waals surface area contributed by atoms with Crippen LogP contribution in [0.15, 0.2) is 91.3 Å². The highest BCUT2D eigenvalue weighted by Gasteiger charge is 2.15. The summed E-state index contributed by atoms with van der Waals surface area (Å²) >= 11 is 0. The van der Waals surface area contributed by atoms with E-state index in [1.165, 1.54) is 12.8 Å². The molecule has 4 rings (SSSR count). The second-order valence-electron chi connectivity index (χ2n) is 10.3. The lowest BCUT2D eigenvalue weighted by Gasteiger charge is -2.16. The Morgan fingerprint density at radius 2 is 1.83 bits per heavy atom. The van der Waals surface area contributed by atoms with Crippen LogP contribution in [0.3, 0.4) is 0 Å². The van der Waals surface area contributed by atoms with Crippen LogP contribution >= 0.6 is 0 Å². The average molecular weight is 552 g/mol. The van der Waals surface area contributed by atoms with Gasteiger partial charge in [-0.2, -0.15) is 0 Å². The van der Waals surface area contributed by atoms with Crippen molar-refractivity contribution in [2.75, 3.05) is 31.5 Å². The van der Waals surface area contributed by atoms with Gasteiger partial charge >= 0.3 is 0 Å². The fourth-order valence-corrected chi connectivity index (χ4v) is 4.93. The number of allylic oxidation sites excluding steroid dienone is 6. The standard InChI is InChI=1S/C35H41N3O3/c1-2-3-4-5-6-7-8-18-34(39)37-32-25-28(26-35(40)36-21-24-38-22-11-12-23-38)19-20-33(32)41-31-17-13-16-29-14-9-10-15-30(29)27-31/h2-6,9-10,13-16,19-20,25,27H,1,7-8,11-12,17-18,21-24,26H2,(H,36,40)(H,37,39)/b4-3-,6-5-. The normalized spacial score (nSPS) is 15.0. The Labute approximate surface area is 244 Å². The van der Waals surface area contributed by atoms with Crippen molar-refractivity contribution in [3.8, 4) is 5.75 Å². The molecule has 214 valence electrons. The van der Waals surface area contributed by atoms with E-state index in [0.717, 1.165) is 54.9 Å². The van der Waals surface area contributed by atoms with Crippen LogP contribution in [0.2, 0.25) is 0 Å². The van der Waals surface area contributed by atoms with Gasteiger partial charge in [0.05, 0.1) is 12.1 Å². The Kier molecular flexibility index (Phi) is 11.8. The van der Waals surface area contributed by atoms with E-state index < -0.39 is 0 Å². The molecule has 1 heterocycles. The van der Waals surface area contributed by atoms with Gasteiger partial charge in [-0.25, -0.2) is 0 Å². The molecule has 0 radical (unpaired) electrons. The Morgan fingerprint density at radius 1 is 1.00 bits per heavy atom. The van der Waals surface area contributed by atoms with Crippen molar-refractivity contribution in [2.24, 2.45) is 0 Å². The monoisotopic (exact) mass is 551 g/mol. The number of hydrogen-bond acceptors (Lipinski definition) is 4. The predicted octanol–water partition coefficient (Wildman–Crippen LogP) is 6.69. The number of rotatable bonds is 14. The zero-order valence-corrected chi connectivity index (χ0v) is 23.8. The molecule has 0 saturated carbocycles. The number of unbranched alkanes of at least 4 members (excludes halogenated alkanes) is 1. The number of hydrogen-bond donors (Lipinski definition) is 2. The largest absolute Gasteiger partial charge is 0.459 e. The molecule has 1 saturated heterocycles. The number of nitrogens with one attached hydrogen (secondary N) is 2. The first-order valence-corrected chi connectivity index (χ1v) is 14.6. The van der Waals surface area contributed by atoms with Crippen LogP contribution in [-0.4, -0.2) is 42.9 Å². The molecule has 41 heavy (non-hydrogen) atoms. The number of carbonyl (C=O) groups excluding carboxylic acids is 2. The van der Waals surface area contributed by atoms with Gasteiger partial charge in [0, 0.05) is 25.9 Å². The van der Waals surface area contributed by atoms with E-state index in [2.05, 4.69) is 46.4 Å². The number of benzene rings is 2. The van der Waals surface area contributed by atoms with E-state index in [9.17, 15) is 9.59 Å². The van der Waals surface area contributed by atoms with Gasteiger partial charge < -0.3 is 20.3 Å². The first kappa shape index (κ1) is 29.8. The second kappa shape index (κ2) is 16.2. The molecule has 0 aromatic heterocycles. The van der Waals surface area contributed by atoms with E-state index in [-0.39, 0.29) is 18.2 Å². The van der Waals surface area contributed by atoms with Gasteiger partial charge in [-0.1, -0.05) is 79.4 Å². The third-order valence-electron chi connectivity index (χ3n) is 7.07. The van der Waals surface area contributed by atoms with Gasteiger partial charge in [0.25, 0.3) is 0 Å². The molecule has 1 fully saturated rings. The highest BCUT2D eigenvalue weighted by atomic mass is 16.5. The molecular formula is C35H41N3O3. The van der Waals surface area contributed by atoms with Crippen molar-refractivity contribution in [1.82, 2.24) is 10.2 Å². The third-order valence-corrected chi connectivity index (χ3v) is 7.07. The molecule has 6 heteroatoms. The van der Waals surface area contributed by atoms with Crippen LogP contribution in [0.25, 0.3) is 12.2 Å². The topological polar surface area (TPSA) is 70.7 Å². The van der Waals surface area contributed by atoms with Crippen molar-refractivity contribution in [1.29, 1.82) is 0 Å².